The number of rotatable bonds is 5. The number of carbonyl (C=O) groups is 1. The molecule has 0 unspecified atom stereocenters. The lowest BCUT2D eigenvalue weighted by molar-refractivity contribution is 0.0958. The van der Waals surface area contributed by atoms with Gasteiger partial charge in [-0.25, -0.2) is 0 Å². The number of amides is 1. The highest BCUT2D eigenvalue weighted by atomic mass is 32.1. The summed E-state index contributed by atoms with van der Waals surface area (Å²) < 4.78 is 2.50. The van der Waals surface area contributed by atoms with Gasteiger partial charge in [-0.2, -0.15) is 0 Å². The summed E-state index contributed by atoms with van der Waals surface area (Å²) in [6, 6.07) is 27.2. The minimum absolute atomic E-state index is 0.0257. The van der Waals surface area contributed by atoms with Crippen molar-refractivity contribution in [1.29, 1.82) is 0 Å². The van der Waals surface area contributed by atoms with E-state index < -0.39 is 0 Å². The fourth-order valence-electron chi connectivity index (χ4n) is 4.34. The van der Waals surface area contributed by atoms with Gasteiger partial charge >= 0.3 is 0 Å². The highest BCUT2D eigenvalue weighted by Gasteiger charge is 2.18. The lowest BCUT2D eigenvalue weighted by atomic mass is 10.1. The molecular formula is C30H24N2OS4. The Labute approximate surface area is 231 Å². The van der Waals surface area contributed by atoms with Gasteiger partial charge in [0.25, 0.3) is 5.91 Å². The molecule has 1 aliphatic rings. The van der Waals surface area contributed by atoms with Crippen LogP contribution in [0.2, 0.25) is 0 Å². The second kappa shape index (κ2) is 11.1. The van der Waals surface area contributed by atoms with E-state index in [-0.39, 0.29) is 5.91 Å². The largest absolute Gasteiger partial charge is 0.351 e. The lowest BCUT2D eigenvalue weighted by Gasteiger charge is -2.11. The zero-order valence-corrected chi connectivity index (χ0v) is 23.2. The molecule has 0 bridgehead atoms. The van der Waals surface area contributed by atoms with E-state index >= 15 is 0 Å². The average molecular weight is 557 g/mol. The third-order valence-electron chi connectivity index (χ3n) is 6.15. The molecule has 0 fully saturated rings. The minimum atomic E-state index is 0.0257. The molecule has 7 rings (SSSR count). The number of fused-ring (bicyclic) bond motifs is 3. The molecule has 2 aromatic carbocycles. The molecule has 7 heteroatoms. The van der Waals surface area contributed by atoms with E-state index in [0.717, 1.165) is 34.3 Å². The lowest BCUT2D eigenvalue weighted by Crippen LogP contribution is -2.24. The number of aliphatic imine (C=N–C) groups is 1. The molecular weight excluding hydrogens is 533 g/mol. The number of benzene rings is 2. The van der Waals surface area contributed by atoms with E-state index in [4.69, 9.17) is 4.99 Å². The Balaban J connectivity index is 0.000000136. The molecule has 37 heavy (non-hydrogen) atoms. The van der Waals surface area contributed by atoms with Crippen LogP contribution in [0.25, 0.3) is 20.2 Å². The fourth-order valence-corrected chi connectivity index (χ4v) is 7.99. The molecule has 0 saturated carbocycles. The van der Waals surface area contributed by atoms with Gasteiger partial charge in [0.2, 0.25) is 0 Å². The van der Waals surface area contributed by atoms with E-state index in [1.54, 1.807) is 22.7 Å². The van der Waals surface area contributed by atoms with Crippen LogP contribution in [0.4, 0.5) is 0 Å². The van der Waals surface area contributed by atoms with E-state index in [0.29, 0.717) is 6.54 Å². The third kappa shape index (κ3) is 5.45. The molecule has 0 atom stereocenters. The van der Waals surface area contributed by atoms with Crippen LogP contribution in [-0.2, 0) is 12.8 Å². The van der Waals surface area contributed by atoms with Crippen LogP contribution in [0.5, 0.6) is 0 Å². The summed E-state index contributed by atoms with van der Waals surface area (Å²) in [6.45, 7) is 1.62. The summed E-state index contributed by atoms with van der Waals surface area (Å²) in [5.41, 5.74) is 2.54. The maximum Gasteiger partial charge on any atom is 0.261 e. The van der Waals surface area contributed by atoms with Crippen LogP contribution in [-0.4, -0.2) is 24.7 Å². The quantitative estimate of drug-likeness (QED) is 0.228. The predicted octanol–water partition coefficient (Wildman–Crippen LogP) is 8.29. The molecule has 6 aromatic rings. The summed E-state index contributed by atoms with van der Waals surface area (Å²) in [6.07, 6.45) is 2.00. The van der Waals surface area contributed by atoms with Crippen molar-refractivity contribution in [2.75, 3.05) is 13.1 Å². The Bertz CT molecular complexity index is 1620. The first kappa shape index (κ1) is 24.2. The molecule has 0 spiro atoms. The summed E-state index contributed by atoms with van der Waals surface area (Å²) >= 11 is 6.97. The van der Waals surface area contributed by atoms with Gasteiger partial charge in [-0.05, 0) is 64.4 Å². The van der Waals surface area contributed by atoms with Crippen molar-refractivity contribution in [3.8, 4) is 0 Å². The first-order valence-corrected chi connectivity index (χ1v) is 15.5. The van der Waals surface area contributed by atoms with Crippen molar-refractivity contribution >= 4 is 77.1 Å². The molecule has 5 heterocycles. The topological polar surface area (TPSA) is 41.5 Å². The minimum Gasteiger partial charge on any atom is -0.351 e. The molecule has 4 aromatic heterocycles. The number of nitrogens with one attached hydrogen (secondary N) is 1. The summed E-state index contributed by atoms with van der Waals surface area (Å²) in [7, 11) is 0. The van der Waals surface area contributed by atoms with Crippen molar-refractivity contribution in [2.24, 2.45) is 4.99 Å². The van der Waals surface area contributed by atoms with Gasteiger partial charge in [-0.15, -0.1) is 45.3 Å². The van der Waals surface area contributed by atoms with Crippen LogP contribution in [0.15, 0.2) is 94.6 Å². The average Bonchev–Trinajstić information content (AvgIpc) is 3.73. The smallest absolute Gasteiger partial charge is 0.261 e. The van der Waals surface area contributed by atoms with E-state index in [1.807, 2.05) is 59.1 Å². The third-order valence-corrected chi connectivity index (χ3v) is 10.3. The summed E-state index contributed by atoms with van der Waals surface area (Å²) in [4.78, 5) is 21.7. The number of nitrogens with zero attached hydrogens (tertiary/aromatic N) is 1. The van der Waals surface area contributed by atoms with Crippen molar-refractivity contribution in [3.63, 3.8) is 0 Å². The number of hydrogen-bond donors (Lipinski definition) is 1. The molecule has 0 radical (unpaired) electrons. The number of hydrogen-bond acceptors (Lipinski definition) is 6. The van der Waals surface area contributed by atoms with Crippen LogP contribution in [0.3, 0.4) is 0 Å². The van der Waals surface area contributed by atoms with Gasteiger partial charge in [0, 0.05) is 44.2 Å². The first-order chi connectivity index (χ1) is 18.2. The van der Waals surface area contributed by atoms with Gasteiger partial charge in [0.1, 0.15) is 0 Å². The predicted molar refractivity (Wildman–Crippen MR) is 163 cm³/mol. The molecule has 1 N–H and O–H groups in total. The Morgan fingerprint density at radius 2 is 1.62 bits per heavy atom. The van der Waals surface area contributed by atoms with Crippen molar-refractivity contribution in [3.05, 3.63) is 115 Å². The Kier molecular flexibility index (Phi) is 7.28. The molecule has 1 amide bonds. The summed E-state index contributed by atoms with van der Waals surface area (Å²) in [5.74, 6) is 0.0257. The van der Waals surface area contributed by atoms with Gasteiger partial charge in [0.05, 0.1) is 15.5 Å². The molecule has 0 aliphatic carbocycles. The van der Waals surface area contributed by atoms with Crippen molar-refractivity contribution in [1.82, 2.24) is 5.32 Å². The van der Waals surface area contributed by atoms with E-state index in [1.165, 1.54) is 36.0 Å². The number of thiophene rings is 4. The maximum absolute atomic E-state index is 12.0. The SMILES string of the molecule is O=C(NCCc1cccs1)c1cc2ccccc2s1.c1ccc2sc(C3=NCCc4sccc43)cc2c1. The highest BCUT2D eigenvalue weighted by Crippen LogP contribution is 2.31. The van der Waals surface area contributed by atoms with Crippen LogP contribution in [0.1, 0.15) is 29.9 Å². The van der Waals surface area contributed by atoms with Gasteiger partial charge in [-0.3, -0.25) is 9.79 Å². The Hall–Kier alpha value is -3.10. The molecule has 3 nitrogen and oxygen atoms in total. The normalized spacial score (nSPS) is 12.6. The van der Waals surface area contributed by atoms with Gasteiger partial charge in [-0.1, -0.05) is 42.5 Å². The second-order valence-corrected chi connectivity index (χ2v) is 12.8. The van der Waals surface area contributed by atoms with Gasteiger partial charge < -0.3 is 5.32 Å². The second-order valence-electron chi connectivity index (χ2n) is 8.62. The standard InChI is InChI=1S/C15H13NOS2.C15H11NS2/c17-15(16-8-7-12-5-3-9-18-12)14-10-11-4-1-2-6-13(11)19-14;1-2-4-12-10(3-1)9-14(18-12)15-11-6-8-17-13(11)5-7-16-15/h1-6,9-10H,7-8H2,(H,16,17);1-4,6,8-9H,5,7H2. The zero-order chi connectivity index (χ0) is 25.0. The van der Waals surface area contributed by atoms with E-state index in [9.17, 15) is 4.79 Å². The Morgan fingerprint density at radius 3 is 2.38 bits per heavy atom. The van der Waals surface area contributed by atoms with Gasteiger partial charge in [0.15, 0.2) is 0 Å². The molecule has 1 aliphatic heterocycles. The maximum atomic E-state index is 12.0. The fraction of sp³-hybridized carbons (Fsp3) is 0.133. The van der Waals surface area contributed by atoms with Crippen molar-refractivity contribution < 1.29 is 4.79 Å². The van der Waals surface area contributed by atoms with Crippen LogP contribution in [0, 0.1) is 0 Å². The zero-order valence-electron chi connectivity index (χ0n) is 20.0. The van der Waals surface area contributed by atoms with E-state index in [2.05, 4.69) is 58.5 Å². The Morgan fingerprint density at radius 1 is 0.838 bits per heavy atom. The highest BCUT2D eigenvalue weighted by molar-refractivity contribution is 7.21. The first-order valence-electron chi connectivity index (χ1n) is 12.1. The number of carbonyl (C=O) groups excluding carboxylic acids is 1. The monoisotopic (exact) mass is 556 g/mol. The molecule has 0 saturated heterocycles. The van der Waals surface area contributed by atoms with Crippen LogP contribution >= 0.6 is 45.3 Å². The van der Waals surface area contributed by atoms with Crippen molar-refractivity contribution in [2.45, 2.75) is 12.8 Å². The molecule has 184 valence electrons. The summed E-state index contributed by atoms with van der Waals surface area (Å²) in [5, 5.41) is 9.67. The van der Waals surface area contributed by atoms with Crippen LogP contribution < -0.4 is 5.32 Å².